The molecule has 1 aromatic rings. The molecule has 76 valence electrons. The molecule has 0 saturated heterocycles. The standard InChI is InChI=1S/C11H11Cl2F/c1-2-8(7-12)5-9-3-4-10(13)11(14)6-9/h3-6H,2,7H2,1H3/b8-5-. The summed E-state index contributed by atoms with van der Waals surface area (Å²) < 4.78 is 13.0. The highest BCUT2D eigenvalue weighted by molar-refractivity contribution is 6.30. The number of hydrogen-bond acceptors (Lipinski definition) is 0. The summed E-state index contributed by atoms with van der Waals surface area (Å²) in [5.41, 5.74) is 1.87. The molecule has 0 aliphatic heterocycles. The molecule has 0 radical (unpaired) electrons. The lowest BCUT2D eigenvalue weighted by molar-refractivity contribution is 0.628. The summed E-state index contributed by atoms with van der Waals surface area (Å²) in [4.78, 5) is 0. The molecule has 0 amide bonds. The zero-order chi connectivity index (χ0) is 10.6. The van der Waals surface area contributed by atoms with Gasteiger partial charge in [-0.15, -0.1) is 11.6 Å². The van der Waals surface area contributed by atoms with Crippen LogP contribution in [0, 0.1) is 5.82 Å². The SMILES string of the molecule is CC/C(=C/c1ccc(Cl)c(F)c1)CCl. The lowest BCUT2D eigenvalue weighted by Gasteiger charge is -2.00. The Bertz CT molecular complexity index is 339. The molecule has 0 atom stereocenters. The molecule has 0 bridgehead atoms. The fraction of sp³-hybridized carbons (Fsp3) is 0.273. The van der Waals surface area contributed by atoms with E-state index in [1.807, 2.05) is 13.0 Å². The highest BCUT2D eigenvalue weighted by Gasteiger charge is 1.99. The first kappa shape index (κ1) is 11.5. The smallest absolute Gasteiger partial charge is 0.142 e. The van der Waals surface area contributed by atoms with Gasteiger partial charge in [-0.25, -0.2) is 4.39 Å². The Morgan fingerprint density at radius 1 is 1.50 bits per heavy atom. The number of halogens is 3. The topological polar surface area (TPSA) is 0 Å². The van der Waals surface area contributed by atoms with Crippen molar-refractivity contribution in [2.45, 2.75) is 13.3 Å². The molecule has 1 aromatic carbocycles. The zero-order valence-electron chi connectivity index (χ0n) is 7.86. The van der Waals surface area contributed by atoms with E-state index in [0.717, 1.165) is 17.6 Å². The lowest BCUT2D eigenvalue weighted by atomic mass is 10.1. The van der Waals surface area contributed by atoms with E-state index in [-0.39, 0.29) is 5.02 Å². The first-order valence-electron chi connectivity index (χ1n) is 4.37. The van der Waals surface area contributed by atoms with Crippen molar-refractivity contribution in [2.75, 3.05) is 5.88 Å². The normalized spacial score (nSPS) is 11.9. The second-order valence-corrected chi connectivity index (χ2v) is 3.64. The van der Waals surface area contributed by atoms with Crippen LogP contribution in [-0.4, -0.2) is 5.88 Å². The number of benzene rings is 1. The molecule has 14 heavy (non-hydrogen) atoms. The van der Waals surface area contributed by atoms with Crippen LogP contribution in [-0.2, 0) is 0 Å². The maximum atomic E-state index is 13.0. The lowest BCUT2D eigenvalue weighted by Crippen LogP contribution is -1.84. The fourth-order valence-corrected chi connectivity index (χ4v) is 1.46. The molecule has 1 rings (SSSR count). The summed E-state index contributed by atoms with van der Waals surface area (Å²) in [7, 11) is 0. The van der Waals surface area contributed by atoms with Gasteiger partial charge in [0.05, 0.1) is 5.02 Å². The fourth-order valence-electron chi connectivity index (χ4n) is 1.07. The van der Waals surface area contributed by atoms with E-state index in [9.17, 15) is 4.39 Å². The third kappa shape index (κ3) is 3.00. The van der Waals surface area contributed by atoms with Crippen LogP contribution < -0.4 is 0 Å². The van der Waals surface area contributed by atoms with E-state index in [1.165, 1.54) is 6.07 Å². The number of alkyl halides is 1. The van der Waals surface area contributed by atoms with Crippen molar-refractivity contribution in [1.82, 2.24) is 0 Å². The van der Waals surface area contributed by atoms with Crippen LogP contribution in [0.2, 0.25) is 5.02 Å². The van der Waals surface area contributed by atoms with Crippen LogP contribution in [0.5, 0.6) is 0 Å². The van der Waals surface area contributed by atoms with Crippen molar-refractivity contribution in [3.63, 3.8) is 0 Å². The van der Waals surface area contributed by atoms with Gasteiger partial charge in [0.15, 0.2) is 0 Å². The molecule has 0 aliphatic rings. The van der Waals surface area contributed by atoms with Gasteiger partial charge in [-0.05, 0) is 24.1 Å². The van der Waals surface area contributed by atoms with Crippen LogP contribution >= 0.6 is 23.2 Å². The molecule has 0 unspecified atom stereocenters. The Hall–Kier alpha value is -0.530. The second-order valence-electron chi connectivity index (χ2n) is 2.96. The summed E-state index contributed by atoms with van der Waals surface area (Å²) in [5.74, 6) is 0.0752. The summed E-state index contributed by atoms with van der Waals surface area (Å²) in [6, 6.07) is 4.72. The van der Waals surface area contributed by atoms with E-state index in [0.29, 0.717) is 5.88 Å². The largest absolute Gasteiger partial charge is 0.205 e. The minimum Gasteiger partial charge on any atom is -0.205 e. The molecule has 0 aromatic heterocycles. The van der Waals surface area contributed by atoms with Crippen molar-refractivity contribution in [3.05, 3.63) is 40.2 Å². The van der Waals surface area contributed by atoms with E-state index >= 15 is 0 Å². The molecule has 0 heterocycles. The van der Waals surface area contributed by atoms with Crippen molar-refractivity contribution in [2.24, 2.45) is 0 Å². The quantitative estimate of drug-likeness (QED) is 0.673. The molecule has 0 N–H and O–H groups in total. The number of hydrogen-bond donors (Lipinski definition) is 0. The van der Waals surface area contributed by atoms with Gasteiger partial charge in [0.25, 0.3) is 0 Å². The van der Waals surface area contributed by atoms with Gasteiger partial charge in [0.1, 0.15) is 5.82 Å². The molecule has 0 fully saturated rings. The first-order chi connectivity index (χ1) is 6.67. The van der Waals surface area contributed by atoms with Gasteiger partial charge in [0.2, 0.25) is 0 Å². The Labute approximate surface area is 93.3 Å². The van der Waals surface area contributed by atoms with Crippen LogP contribution in [0.25, 0.3) is 6.08 Å². The van der Waals surface area contributed by atoms with Gasteiger partial charge < -0.3 is 0 Å². The number of allylic oxidation sites excluding steroid dienone is 1. The summed E-state index contributed by atoms with van der Waals surface area (Å²) in [6.07, 6.45) is 2.75. The van der Waals surface area contributed by atoms with Gasteiger partial charge in [-0.3, -0.25) is 0 Å². The van der Waals surface area contributed by atoms with Crippen LogP contribution in [0.3, 0.4) is 0 Å². The number of rotatable bonds is 3. The van der Waals surface area contributed by atoms with E-state index in [2.05, 4.69) is 0 Å². The van der Waals surface area contributed by atoms with Gasteiger partial charge in [0, 0.05) is 5.88 Å². The maximum absolute atomic E-state index is 13.0. The van der Waals surface area contributed by atoms with Crippen molar-refractivity contribution in [1.29, 1.82) is 0 Å². The third-order valence-corrected chi connectivity index (χ3v) is 2.59. The molecule has 0 aliphatic carbocycles. The molecule has 0 nitrogen and oxygen atoms in total. The molecule has 0 spiro atoms. The highest BCUT2D eigenvalue weighted by Crippen LogP contribution is 2.18. The Balaban J connectivity index is 2.97. The summed E-state index contributed by atoms with van der Waals surface area (Å²) in [5, 5.41) is 0.145. The van der Waals surface area contributed by atoms with Crippen molar-refractivity contribution in [3.8, 4) is 0 Å². The van der Waals surface area contributed by atoms with Crippen molar-refractivity contribution >= 4 is 29.3 Å². The average molecular weight is 233 g/mol. The Morgan fingerprint density at radius 2 is 2.21 bits per heavy atom. The van der Waals surface area contributed by atoms with Crippen LogP contribution in [0.4, 0.5) is 4.39 Å². The summed E-state index contributed by atoms with van der Waals surface area (Å²) >= 11 is 11.3. The zero-order valence-corrected chi connectivity index (χ0v) is 9.37. The van der Waals surface area contributed by atoms with Crippen LogP contribution in [0.15, 0.2) is 23.8 Å². The predicted molar refractivity (Wildman–Crippen MR) is 60.4 cm³/mol. The molecule has 3 heteroatoms. The second kappa shape index (κ2) is 5.38. The monoisotopic (exact) mass is 232 g/mol. The maximum Gasteiger partial charge on any atom is 0.142 e. The molecular formula is C11H11Cl2F. The van der Waals surface area contributed by atoms with Gasteiger partial charge in [-0.1, -0.05) is 36.2 Å². The van der Waals surface area contributed by atoms with E-state index < -0.39 is 5.82 Å². The molecule has 0 saturated carbocycles. The third-order valence-electron chi connectivity index (χ3n) is 1.94. The minimum absolute atomic E-state index is 0.145. The Morgan fingerprint density at radius 3 is 2.71 bits per heavy atom. The summed E-state index contributed by atoms with van der Waals surface area (Å²) in [6.45, 7) is 2.01. The predicted octanol–water partition coefficient (Wildman–Crippen LogP) is 4.51. The van der Waals surface area contributed by atoms with Gasteiger partial charge >= 0.3 is 0 Å². The van der Waals surface area contributed by atoms with E-state index in [1.54, 1.807) is 12.1 Å². The Kier molecular flexibility index (Phi) is 4.43. The average Bonchev–Trinajstić information content (AvgIpc) is 2.19. The first-order valence-corrected chi connectivity index (χ1v) is 5.29. The van der Waals surface area contributed by atoms with Crippen LogP contribution in [0.1, 0.15) is 18.9 Å². The minimum atomic E-state index is -0.398. The van der Waals surface area contributed by atoms with Gasteiger partial charge in [-0.2, -0.15) is 0 Å². The van der Waals surface area contributed by atoms with E-state index in [4.69, 9.17) is 23.2 Å². The molecular weight excluding hydrogens is 222 g/mol. The highest BCUT2D eigenvalue weighted by atomic mass is 35.5. The van der Waals surface area contributed by atoms with Crippen molar-refractivity contribution < 1.29 is 4.39 Å².